The van der Waals surface area contributed by atoms with Gasteiger partial charge >= 0.3 is 0 Å². The highest BCUT2D eigenvalue weighted by Gasteiger charge is 2.20. The lowest BCUT2D eigenvalue weighted by Crippen LogP contribution is -2.18. The summed E-state index contributed by atoms with van der Waals surface area (Å²) in [6, 6.07) is 4.39. The molecule has 0 saturated carbocycles. The van der Waals surface area contributed by atoms with E-state index in [1.807, 2.05) is 11.5 Å². The van der Waals surface area contributed by atoms with Crippen LogP contribution in [0.1, 0.15) is 24.2 Å². The first-order valence-corrected chi connectivity index (χ1v) is 9.61. The molecule has 1 amide bonds. The van der Waals surface area contributed by atoms with Crippen LogP contribution in [0.25, 0.3) is 0 Å². The van der Waals surface area contributed by atoms with E-state index in [4.69, 9.17) is 4.74 Å². The van der Waals surface area contributed by atoms with Gasteiger partial charge in [0, 0.05) is 18.7 Å². The number of benzene rings is 1. The molecule has 27 heavy (non-hydrogen) atoms. The lowest BCUT2D eigenvalue weighted by molar-refractivity contribution is -0.384. The van der Waals surface area contributed by atoms with Gasteiger partial charge < -0.3 is 14.6 Å². The maximum Gasteiger partial charge on any atom is 0.271 e. The van der Waals surface area contributed by atoms with Gasteiger partial charge in [-0.15, -0.1) is 10.2 Å². The van der Waals surface area contributed by atoms with E-state index in [2.05, 4.69) is 15.5 Å². The summed E-state index contributed by atoms with van der Waals surface area (Å²) in [5.74, 6) is 0.655. The first-order valence-electron chi connectivity index (χ1n) is 8.63. The third-order valence-corrected chi connectivity index (χ3v) is 5.32. The first-order chi connectivity index (χ1) is 12.9. The number of amides is 1. The number of aryl methyl sites for hydroxylation is 2. The summed E-state index contributed by atoms with van der Waals surface area (Å²) in [4.78, 5) is 22.7. The van der Waals surface area contributed by atoms with Crippen molar-refractivity contribution in [2.75, 3.05) is 17.7 Å². The Hall–Kier alpha value is -2.46. The van der Waals surface area contributed by atoms with Crippen LogP contribution in [0.3, 0.4) is 0 Å². The van der Waals surface area contributed by atoms with E-state index in [0.29, 0.717) is 17.4 Å². The van der Waals surface area contributed by atoms with E-state index < -0.39 is 4.92 Å². The number of carbonyl (C=O) groups is 1. The van der Waals surface area contributed by atoms with Crippen LogP contribution in [0.15, 0.2) is 23.4 Å². The lowest BCUT2D eigenvalue weighted by atomic mass is 10.2. The number of nitrogens with zero attached hydrogens (tertiary/aromatic N) is 4. The zero-order valence-electron chi connectivity index (χ0n) is 15.2. The fraction of sp³-hybridized carbons (Fsp3) is 0.471. The third kappa shape index (κ3) is 4.83. The van der Waals surface area contributed by atoms with Crippen LogP contribution in [-0.2, 0) is 16.1 Å². The number of nitrogens with one attached hydrogen (secondary N) is 1. The predicted molar refractivity (Wildman–Crippen MR) is 101 cm³/mol. The van der Waals surface area contributed by atoms with Crippen molar-refractivity contribution in [1.29, 1.82) is 0 Å². The summed E-state index contributed by atoms with van der Waals surface area (Å²) in [7, 11) is 0. The molecule has 0 spiro atoms. The molecule has 0 unspecified atom stereocenters. The Balaban J connectivity index is 1.61. The minimum atomic E-state index is -0.486. The highest BCUT2D eigenvalue weighted by atomic mass is 32.2. The monoisotopic (exact) mass is 391 g/mol. The molecule has 3 rings (SSSR count). The van der Waals surface area contributed by atoms with Crippen LogP contribution in [-0.4, -0.2) is 44.1 Å². The standard InChI is InChI=1S/C17H21N5O4S/c1-11-5-6-13(22(24)25)8-15(11)18-16(23)10-27-17-20-19-12(2)21(17)9-14-4-3-7-26-14/h5-6,8,14H,3-4,7,9-10H2,1-2H3,(H,18,23)/t14-/m0/s1. The molecule has 1 aliphatic heterocycles. The number of hydrogen-bond acceptors (Lipinski definition) is 7. The summed E-state index contributed by atoms with van der Waals surface area (Å²) in [6.07, 6.45) is 2.22. The second-order valence-electron chi connectivity index (χ2n) is 6.37. The number of ether oxygens (including phenoxy) is 1. The Morgan fingerprint density at radius 2 is 2.26 bits per heavy atom. The summed E-state index contributed by atoms with van der Waals surface area (Å²) in [6.45, 7) is 5.11. The summed E-state index contributed by atoms with van der Waals surface area (Å²) >= 11 is 1.28. The van der Waals surface area contributed by atoms with Gasteiger partial charge in [-0.3, -0.25) is 14.9 Å². The highest BCUT2D eigenvalue weighted by Crippen LogP contribution is 2.24. The van der Waals surface area contributed by atoms with Crippen LogP contribution in [0.4, 0.5) is 11.4 Å². The second kappa shape index (κ2) is 8.49. The van der Waals surface area contributed by atoms with Gasteiger partial charge in [0.1, 0.15) is 5.82 Å². The number of aromatic nitrogens is 3. The Morgan fingerprint density at radius 3 is 2.96 bits per heavy atom. The normalized spacial score (nSPS) is 16.4. The van der Waals surface area contributed by atoms with Gasteiger partial charge in [0.05, 0.1) is 29.0 Å². The van der Waals surface area contributed by atoms with Gasteiger partial charge in [-0.25, -0.2) is 0 Å². The largest absolute Gasteiger partial charge is 0.376 e. The van der Waals surface area contributed by atoms with E-state index in [9.17, 15) is 14.9 Å². The second-order valence-corrected chi connectivity index (χ2v) is 7.31. The number of anilines is 1. The van der Waals surface area contributed by atoms with Gasteiger partial charge in [-0.05, 0) is 32.3 Å². The average Bonchev–Trinajstić information content (AvgIpc) is 3.26. The number of nitro groups is 1. The Kier molecular flexibility index (Phi) is 6.07. The van der Waals surface area contributed by atoms with Crippen molar-refractivity contribution >= 4 is 29.0 Å². The molecular formula is C17H21N5O4S. The van der Waals surface area contributed by atoms with Gasteiger partial charge in [0.15, 0.2) is 5.16 Å². The van der Waals surface area contributed by atoms with Crippen molar-refractivity contribution in [3.05, 3.63) is 39.7 Å². The molecule has 0 radical (unpaired) electrons. The molecule has 1 atom stereocenters. The highest BCUT2D eigenvalue weighted by molar-refractivity contribution is 7.99. The van der Waals surface area contributed by atoms with Crippen LogP contribution in [0.5, 0.6) is 0 Å². The zero-order valence-corrected chi connectivity index (χ0v) is 16.0. The van der Waals surface area contributed by atoms with Gasteiger partial charge in [0.2, 0.25) is 5.91 Å². The smallest absolute Gasteiger partial charge is 0.271 e. The lowest BCUT2D eigenvalue weighted by Gasteiger charge is -2.13. The number of hydrogen-bond donors (Lipinski definition) is 1. The molecule has 1 N–H and O–H groups in total. The molecule has 2 heterocycles. The van der Waals surface area contributed by atoms with E-state index >= 15 is 0 Å². The van der Waals surface area contributed by atoms with Gasteiger partial charge in [-0.2, -0.15) is 0 Å². The quantitative estimate of drug-likeness (QED) is 0.439. The number of thioether (sulfide) groups is 1. The number of nitro benzene ring substituents is 1. The molecule has 1 aliphatic rings. The summed E-state index contributed by atoms with van der Waals surface area (Å²) in [5, 5.41) is 22.5. The van der Waals surface area contributed by atoms with Gasteiger partial charge in [-0.1, -0.05) is 17.8 Å². The molecule has 0 bridgehead atoms. The minimum absolute atomic E-state index is 0.0597. The average molecular weight is 391 g/mol. The molecule has 1 saturated heterocycles. The van der Waals surface area contributed by atoms with E-state index in [0.717, 1.165) is 30.8 Å². The van der Waals surface area contributed by atoms with Crippen LogP contribution >= 0.6 is 11.8 Å². The minimum Gasteiger partial charge on any atom is -0.376 e. The molecule has 9 nitrogen and oxygen atoms in total. The van der Waals surface area contributed by atoms with Crippen LogP contribution < -0.4 is 5.32 Å². The van der Waals surface area contributed by atoms with Crippen molar-refractivity contribution in [2.24, 2.45) is 0 Å². The Labute approximate surface area is 160 Å². The van der Waals surface area contributed by atoms with Crippen molar-refractivity contribution < 1.29 is 14.5 Å². The molecule has 0 aliphatic carbocycles. The van der Waals surface area contributed by atoms with Crippen molar-refractivity contribution in [1.82, 2.24) is 14.8 Å². The van der Waals surface area contributed by atoms with Crippen LogP contribution in [0.2, 0.25) is 0 Å². The molecule has 1 fully saturated rings. The van der Waals surface area contributed by atoms with Crippen LogP contribution in [0, 0.1) is 24.0 Å². The number of non-ortho nitro benzene ring substituents is 1. The Morgan fingerprint density at radius 1 is 1.44 bits per heavy atom. The fourth-order valence-electron chi connectivity index (χ4n) is 2.85. The maximum absolute atomic E-state index is 12.3. The third-order valence-electron chi connectivity index (χ3n) is 4.35. The molecule has 1 aromatic carbocycles. The van der Waals surface area contributed by atoms with Gasteiger partial charge in [0.25, 0.3) is 5.69 Å². The Bertz CT molecular complexity index is 848. The number of rotatable bonds is 7. The maximum atomic E-state index is 12.3. The molecule has 144 valence electrons. The fourth-order valence-corrected chi connectivity index (χ4v) is 3.64. The van der Waals surface area contributed by atoms with Crippen molar-refractivity contribution in [2.45, 2.75) is 44.5 Å². The molecule has 2 aromatic rings. The van der Waals surface area contributed by atoms with Crippen molar-refractivity contribution in [3.8, 4) is 0 Å². The summed E-state index contributed by atoms with van der Waals surface area (Å²) < 4.78 is 7.63. The zero-order chi connectivity index (χ0) is 19.4. The first kappa shape index (κ1) is 19.3. The van der Waals surface area contributed by atoms with E-state index in [-0.39, 0.29) is 23.5 Å². The molecular weight excluding hydrogens is 370 g/mol. The summed E-state index contributed by atoms with van der Waals surface area (Å²) in [5.41, 5.74) is 1.14. The van der Waals surface area contributed by atoms with Crippen molar-refractivity contribution in [3.63, 3.8) is 0 Å². The predicted octanol–water partition coefficient (Wildman–Crippen LogP) is 2.71. The molecule has 10 heteroatoms. The van der Waals surface area contributed by atoms with E-state index in [1.54, 1.807) is 13.0 Å². The number of carbonyl (C=O) groups excluding carboxylic acids is 1. The SMILES string of the molecule is Cc1ccc([N+](=O)[O-])cc1NC(=O)CSc1nnc(C)n1C[C@@H]1CCCO1. The molecule has 1 aromatic heterocycles. The topological polar surface area (TPSA) is 112 Å². The van der Waals surface area contributed by atoms with E-state index in [1.165, 1.54) is 23.9 Å².